The number of ether oxygens (including phenoxy) is 1. The molecule has 1 aliphatic heterocycles. The second kappa shape index (κ2) is 9.01. The number of carbonyl (C=O) groups excluding carboxylic acids is 1. The molecule has 1 aromatic carbocycles. The number of aryl methyl sites for hydroxylation is 1. The molecular formula is C26H22N6O2S. The minimum absolute atomic E-state index is 0.355. The maximum Gasteiger partial charge on any atom is 0.367 e. The Hall–Kier alpha value is -3.95. The molecule has 0 aliphatic carbocycles. The van der Waals surface area contributed by atoms with Gasteiger partial charge in [-0.25, -0.2) is 14.8 Å². The number of rotatable bonds is 6. The summed E-state index contributed by atoms with van der Waals surface area (Å²) in [5, 5.41) is 4.50. The summed E-state index contributed by atoms with van der Waals surface area (Å²) in [6, 6.07) is 14.1. The fourth-order valence-corrected chi connectivity index (χ4v) is 4.82. The fourth-order valence-electron chi connectivity index (χ4n) is 4.03. The van der Waals surface area contributed by atoms with Crippen molar-refractivity contribution >= 4 is 28.2 Å². The van der Waals surface area contributed by atoms with E-state index < -0.39 is 0 Å². The fraction of sp³-hybridized carbons (Fsp3) is 0.192. The molecule has 0 saturated carbocycles. The molecule has 6 rings (SSSR count). The van der Waals surface area contributed by atoms with Crippen LogP contribution in [-0.4, -0.2) is 50.6 Å². The van der Waals surface area contributed by atoms with E-state index in [0.29, 0.717) is 17.5 Å². The van der Waals surface area contributed by atoms with E-state index >= 15 is 0 Å². The number of imidazole rings is 1. The molecular weight excluding hydrogens is 460 g/mol. The third-order valence-corrected chi connectivity index (χ3v) is 7.05. The van der Waals surface area contributed by atoms with Gasteiger partial charge in [-0.15, -0.1) is 11.3 Å². The zero-order valence-electron chi connectivity index (χ0n) is 19.0. The monoisotopic (exact) mass is 482 g/mol. The van der Waals surface area contributed by atoms with Crippen molar-refractivity contribution in [3.05, 3.63) is 71.9 Å². The second-order valence-electron chi connectivity index (χ2n) is 8.57. The molecule has 1 aliphatic rings. The van der Waals surface area contributed by atoms with Gasteiger partial charge in [-0.05, 0) is 37.3 Å². The molecule has 5 aromatic rings. The Labute approximate surface area is 205 Å². The Balaban J connectivity index is 1.29. The Morgan fingerprint density at radius 1 is 1.09 bits per heavy atom. The lowest BCUT2D eigenvalue weighted by molar-refractivity contribution is 0.0397. The summed E-state index contributed by atoms with van der Waals surface area (Å²) in [6.45, 7) is 4.18. The lowest BCUT2D eigenvalue weighted by atomic mass is 10.0. The molecule has 5 heterocycles. The molecule has 174 valence electrons. The van der Waals surface area contributed by atoms with E-state index in [4.69, 9.17) is 4.74 Å². The highest BCUT2D eigenvalue weighted by molar-refractivity contribution is 7.16. The van der Waals surface area contributed by atoms with Gasteiger partial charge in [0, 0.05) is 53.6 Å². The van der Waals surface area contributed by atoms with Crippen molar-refractivity contribution < 1.29 is 9.53 Å². The Morgan fingerprint density at radius 3 is 2.80 bits per heavy atom. The van der Waals surface area contributed by atoms with Gasteiger partial charge in [0.05, 0.1) is 40.4 Å². The van der Waals surface area contributed by atoms with Crippen molar-refractivity contribution in [2.75, 3.05) is 19.7 Å². The first-order valence-corrected chi connectivity index (χ1v) is 12.2. The summed E-state index contributed by atoms with van der Waals surface area (Å²) < 4.78 is 5.40. The van der Waals surface area contributed by atoms with Gasteiger partial charge in [-0.2, -0.15) is 0 Å². The van der Waals surface area contributed by atoms with Gasteiger partial charge in [-0.3, -0.25) is 9.97 Å². The Kier molecular flexibility index (Phi) is 5.55. The number of H-pyrrole nitrogens is 1. The van der Waals surface area contributed by atoms with Crippen LogP contribution in [0.1, 0.15) is 15.5 Å². The number of fused-ring (bicyclic) bond motifs is 1. The van der Waals surface area contributed by atoms with Gasteiger partial charge < -0.3 is 15.0 Å². The molecule has 35 heavy (non-hydrogen) atoms. The third kappa shape index (κ3) is 4.31. The second-order valence-corrected chi connectivity index (χ2v) is 9.60. The predicted molar refractivity (Wildman–Crippen MR) is 135 cm³/mol. The smallest absolute Gasteiger partial charge is 0.367 e. The third-order valence-electron chi connectivity index (χ3n) is 6.02. The van der Waals surface area contributed by atoms with E-state index in [1.54, 1.807) is 18.7 Å². The number of hydrogen-bond donors (Lipinski definition) is 2. The average Bonchev–Trinajstić information content (AvgIpc) is 3.53. The number of thiazole rings is 1. The molecule has 1 fully saturated rings. The number of aromatic nitrogens is 5. The molecule has 0 radical (unpaired) electrons. The van der Waals surface area contributed by atoms with Gasteiger partial charge in [0.15, 0.2) is 0 Å². The standard InChI is InChI=1S/C26H22N6O2S/c1-15-3-2-4-21(32-15)24-23(30-14-31-24)17-5-6-20-18(7-17)8-19(11-28-20)22-12-29-25(35-22)26(33)34-13-16-9-27-10-16/h2-8,11-12,14,16,27H,9-10,13H2,1H3,(H,30,31). The van der Waals surface area contributed by atoms with Crippen LogP contribution < -0.4 is 5.32 Å². The van der Waals surface area contributed by atoms with Crippen LogP contribution in [0, 0.1) is 12.8 Å². The van der Waals surface area contributed by atoms with Gasteiger partial charge >= 0.3 is 5.97 Å². The number of carbonyl (C=O) groups is 1. The number of nitrogens with zero attached hydrogens (tertiary/aromatic N) is 4. The summed E-state index contributed by atoms with van der Waals surface area (Å²) in [5.74, 6) is 0.0222. The Morgan fingerprint density at radius 2 is 1.97 bits per heavy atom. The summed E-state index contributed by atoms with van der Waals surface area (Å²) in [4.78, 5) is 34.6. The highest BCUT2D eigenvalue weighted by atomic mass is 32.1. The van der Waals surface area contributed by atoms with E-state index in [-0.39, 0.29) is 5.97 Å². The van der Waals surface area contributed by atoms with Crippen molar-refractivity contribution in [1.29, 1.82) is 0 Å². The Bertz CT molecular complexity index is 1540. The molecule has 0 bridgehead atoms. The lowest BCUT2D eigenvalue weighted by Crippen LogP contribution is -2.44. The molecule has 0 unspecified atom stereocenters. The minimum atomic E-state index is -0.375. The number of hydrogen-bond acceptors (Lipinski definition) is 8. The van der Waals surface area contributed by atoms with Crippen molar-refractivity contribution in [2.24, 2.45) is 5.92 Å². The molecule has 1 saturated heterocycles. The first-order chi connectivity index (χ1) is 17.1. The lowest BCUT2D eigenvalue weighted by Gasteiger charge is -2.26. The number of esters is 1. The molecule has 4 aromatic heterocycles. The highest BCUT2D eigenvalue weighted by Gasteiger charge is 2.21. The maximum absolute atomic E-state index is 12.4. The topological polar surface area (TPSA) is 106 Å². The molecule has 0 spiro atoms. The number of nitrogens with one attached hydrogen (secondary N) is 2. The van der Waals surface area contributed by atoms with E-state index in [2.05, 4.69) is 42.4 Å². The van der Waals surface area contributed by atoms with Crippen LogP contribution in [0.15, 0.2) is 61.2 Å². The summed E-state index contributed by atoms with van der Waals surface area (Å²) in [7, 11) is 0. The van der Waals surface area contributed by atoms with Gasteiger partial charge in [0.2, 0.25) is 5.01 Å². The van der Waals surface area contributed by atoms with Crippen molar-refractivity contribution in [3.8, 4) is 33.1 Å². The number of aromatic amines is 1. The predicted octanol–water partition coefficient (Wildman–Crippen LogP) is 4.50. The molecule has 0 atom stereocenters. The first kappa shape index (κ1) is 21.6. The van der Waals surface area contributed by atoms with E-state index in [1.807, 2.05) is 37.3 Å². The minimum Gasteiger partial charge on any atom is -0.460 e. The largest absolute Gasteiger partial charge is 0.460 e. The average molecular weight is 483 g/mol. The normalized spacial score (nSPS) is 13.6. The maximum atomic E-state index is 12.4. The summed E-state index contributed by atoms with van der Waals surface area (Å²) in [6.07, 6.45) is 5.20. The first-order valence-electron chi connectivity index (χ1n) is 11.4. The highest BCUT2D eigenvalue weighted by Crippen LogP contribution is 2.32. The van der Waals surface area contributed by atoms with E-state index in [1.165, 1.54) is 11.3 Å². The number of pyridine rings is 2. The quantitative estimate of drug-likeness (QED) is 0.343. The summed E-state index contributed by atoms with van der Waals surface area (Å²) in [5.41, 5.74) is 6.25. The number of benzene rings is 1. The molecule has 9 heteroatoms. The van der Waals surface area contributed by atoms with Crippen molar-refractivity contribution in [2.45, 2.75) is 6.92 Å². The van der Waals surface area contributed by atoms with Crippen LogP contribution in [-0.2, 0) is 4.74 Å². The SMILES string of the molecule is Cc1cccc(-c2[nH]cnc2-c2ccc3ncc(-c4cnc(C(=O)OCC5CNC5)s4)cc3c2)n1. The molecule has 8 nitrogen and oxygen atoms in total. The van der Waals surface area contributed by atoms with Crippen LogP contribution in [0.2, 0.25) is 0 Å². The van der Waals surface area contributed by atoms with Crippen LogP contribution in [0.3, 0.4) is 0 Å². The summed E-state index contributed by atoms with van der Waals surface area (Å²) >= 11 is 1.32. The van der Waals surface area contributed by atoms with Crippen LogP contribution in [0.5, 0.6) is 0 Å². The van der Waals surface area contributed by atoms with Crippen LogP contribution in [0.25, 0.3) is 44.0 Å². The zero-order chi connectivity index (χ0) is 23.8. The van der Waals surface area contributed by atoms with Gasteiger partial charge in [0.25, 0.3) is 0 Å². The van der Waals surface area contributed by atoms with Crippen LogP contribution >= 0.6 is 11.3 Å². The van der Waals surface area contributed by atoms with Crippen LogP contribution in [0.4, 0.5) is 0 Å². The van der Waals surface area contributed by atoms with E-state index in [9.17, 15) is 4.79 Å². The van der Waals surface area contributed by atoms with Gasteiger partial charge in [-0.1, -0.05) is 12.1 Å². The van der Waals surface area contributed by atoms with E-state index in [0.717, 1.165) is 62.8 Å². The van der Waals surface area contributed by atoms with Crippen molar-refractivity contribution in [3.63, 3.8) is 0 Å². The molecule has 2 N–H and O–H groups in total. The molecule has 0 amide bonds. The van der Waals surface area contributed by atoms with Crippen molar-refractivity contribution in [1.82, 2.24) is 30.2 Å². The zero-order valence-corrected chi connectivity index (χ0v) is 19.8. The van der Waals surface area contributed by atoms with Gasteiger partial charge in [0.1, 0.15) is 0 Å².